The molecular formula is C20H25N5. The lowest BCUT2D eigenvalue weighted by Crippen LogP contribution is -2.11. The van der Waals surface area contributed by atoms with Gasteiger partial charge < -0.3 is 9.88 Å². The Morgan fingerprint density at radius 1 is 1.16 bits per heavy atom. The molecule has 4 rings (SSSR count). The van der Waals surface area contributed by atoms with Gasteiger partial charge in [-0.25, -0.2) is 4.98 Å². The second-order valence-corrected chi connectivity index (χ2v) is 6.97. The zero-order valence-electron chi connectivity index (χ0n) is 15.2. The fourth-order valence-electron chi connectivity index (χ4n) is 3.65. The van der Waals surface area contributed by atoms with Gasteiger partial charge in [-0.1, -0.05) is 12.1 Å². The van der Waals surface area contributed by atoms with Crippen molar-refractivity contribution in [3.05, 3.63) is 53.7 Å². The third kappa shape index (κ3) is 3.18. The summed E-state index contributed by atoms with van der Waals surface area (Å²) in [6.07, 6.45) is 5.81. The van der Waals surface area contributed by atoms with E-state index in [4.69, 9.17) is 4.98 Å². The van der Waals surface area contributed by atoms with Crippen molar-refractivity contribution in [1.82, 2.24) is 19.3 Å². The van der Waals surface area contributed by atoms with E-state index in [-0.39, 0.29) is 6.04 Å². The maximum absolute atomic E-state index is 4.80. The van der Waals surface area contributed by atoms with Crippen LogP contribution in [0.15, 0.2) is 36.5 Å². The van der Waals surface area contributed by atoms with Crippen molar-refractivity contribution in [3.63, 3.8) is 0 Å². The number of benzene rings is 1. The van der Waals surface area contributed by atoms with Gasteiger partial charge >= 0.3 is 0 Å². The van der Waals surface area contributed by atoms with E-state index in [1.54, 1.807) is 0 Å². The van der Waals surface area contributed by atoms with Crippen LogP contribution in [0.5, 0.6) is 0 Å². The SMILES string of the molecule is Cc1cc(C(C)Nc2ccc(-c3cn4c(n3)CCCC4)cc2)n(C)n1. The molecule has 0 saturated heterocycles. The smallest absolute Gasteiger partial charge is 0.109 e. The Labute approximate surface area is 148 Å². The highest BCUT2D eigenvalue weighted by atomic mass is 15.3. The molecule has 0 spiro atoms. The number of aryl methyl sites for hydroxylation is 4. The fourth-order valence-corrected chi connectivity index (χ4v) is 3.65. The average molecular weight is 335 g/mol. The van der Waals surface area contributed by atoms with Crippen LogP contribution in [0.1, 0.15) is 43.0 Å². The molecule has 25 heavy (non-hydrogen) atoms. The molecule has 0 bridgehead atoms. The topological polar surface area (TPSA) is 47.7 Å². The van der Waals surface area contributed by atoms with Crippen molar-refractivity contribution in [2.75, 3.05) is 5.32 Å². The fraction of sp³-hybridized carbons (Fsp3) is 0.400. The van der Waals surface area contributed by atoms with E-state index >= 15 is 0 Å². The number of anilines is 1. The molecule has 3 heterocycles. The van der Waals surface area contributed by atoms with Gasteiger partial charge in [0.1, 0.15) is 5.82 Å². The monoisotopic (exact) mass is 335 g/mol. The van der Waals surface area contributed by atoms with Crippen molar-refractivity contribution in [3.8, 4) is 11.3 Å². The summed E-state index contributed by atoms with van der Waals surface area (Å²) in [4.78, 5) is 4.80. The number of aromatic nitrogens is 4. The van der Waals surface area contributed by atoms with Crippen LogP contribution in [0.4, 0.5) is 5.69 Å². The van der Waals surface area contributed by atoms with Crippen LogP contribution < -0.4 is 5.32 Å². The van der Waals surface area contributed by atoms with Crippen LogP contribution in [0.25, 0.3) is 11.3 Å². The summed E-state index contributed by atoms with van der Waals surface area (Å²) in [5, 5.41) is 7.98. The van der Waals surface area contributed by atoms with E-state index in [1.165, 1.54) is 29.9 Å². The van der Waals surface area contributed by atoms with Crippen LogP contribution in [0.3, 0.4) is 0 Å². The van der Waals surface area contributed by atoms with Gasteiger partial charge in [0, 0.05) is 37.5 Å². The van der Waals surface area contributed by atoms with E-state index in [1.807, 2.05) is 18.7 Å². The summed E-state index contributed by atoms with van der Waals surface area (Å²) < 4.78 is 4.24. The highest BCUT2D eigenvalue weighted by Crippen LogP contribution is 2.25. The molecule has 0 fully saturated rings. The third-order valence-electron chi connectivity index (χ3n) is 4.95. The zero-order valence-corrected chi connectivity index (χ0v) is 15.2. The Hall–Kier alpha value is -2.56. The molecule has 5 heteroatoms. The minimum absolute atomic E-state index is 0.206. The summed E-state index contributed by atoms with van der Waals surface area (Å²) >= 11 is 0. The van der Waals surface area contributed by atoms with Gasteiger partial charge in [0.05, 0.1) is 23.1 Å². The van der Waals surface area contributed by atoms with Gasteiger partial charge in [-0.05, 0) is 44.9 Å². The molecule has 1 aromatic carbocycles. The van der Waals surface area contributed by atoms with Crippen molar-refractivity contribution < 1.29 is 0 Å². The van der Waals surface area contributed by atoms with Crippen LogP contribution >= 0.6 is 0 Å². The van der Waals surface area contributed by atoms with Gasteiger partial charge in [0.25, 0.3) is 0 Å². The highest BCUT2D eigenvalue weighted by molar-refractivity contribution is 5.62. The Balaban J connectivity index is 1.50. The van der Waals surface area contributed by atoms with Crippen molar-refractivity contribution >= 4 is 5.69 Å². The number of hydrogen-bond donors (Lipinski definition) is 1. The first kappa shape index (κ1) is 15.9. The number of hydrogen-bond acceptors (Lipinski definition) is 3. The highest BCUT2D eigenvalue weighted by Gasteiger charge is 2.14. The summed E-state index contributed by atoms with van der Waals surface area (Å²) in [7, 11) is 1.99. The van der Waals surface area contributed by atoms with E-state index < -0.39 is 0 Å². The minimum atomic E-state index is 0.206. The Kier molecular flexibility index (Phi) is 4.07. The molecule has 0 radical (unpaired) electrons. The molecular weight excluding hydrogens is 310 g/mol. The lowest BCUT2D eigenvalue weighted by atomic mass is 10.1. The molecule has 0 saturated carbocycles. The Morgan fingerprint density at radius 2 is 1.96 bits per heavy atom. The van der Waals surface area contributed by atoms with E-state index in [0.29, 0.717) is 0 Å². The van der Waals surface area contributed by atoms with Crippen LogP contribution in [0, 0.1) is 6.92 Å². The maximum atomic E-state index is 4.80. The molecule has 0 amide bonds. The second-order valence-electron chi connectivity index (χ2n) is 6.97. The van der Waals surface area contributed by atoms with Gasteiger partial charge in [0.15, 0.2) is 0 Å². The van der Waals surface area contributed by atoms with E-state index in [9.17, 15) is 0 Å². The van der Waals surface area contributed by atoms with Gasteiger partial charge in [-0.3, -0.25) is 4.68 Å². The largest absolute Gasteiger partial charge is 0.377 e. The molecule has 5 nitrogen and oxygen atoms in total. The summed E-state index contributed by atoms with van der Waals surface area (Å²) in [5.41, 5.74) is 5.60. The Morgan fingerprint density at radius 3 is 2.64 bits per heavy atom. The van der Waals surface area contributed by atoms with Crippen molar-refractivity contribution in [2.24, 2.45) is 7.05 Å². The average Bonchev–Trinajstić information content (AvgIpc) is 3.18. The summed E-state index contributed by atoms with van der Waals surface area (Å²) in [5.74, 6) is 1.23. The quantitative estimate of drug-likeness (QED) is 0.781. The van der Waals surface area contributed by atoms with E-state index in [0.717, 1.165) is 30.0 Å². The van der Waals surface area contributed by atoms with Crippen LogP contribution in [-0.4, -0.2) is 19.3 Å². The molecule has 1 aliphatic rings. The predicted octanol–water partition coefficient (Wildman–Crippen LogP) is 4.10. The maximum Gasteiger partial charge on any atom is 0.109 e. The molecule has 130 valence electrons. The lowest BCUT2D eigenvalue weighted by molar-refractivity contribution is 0.522. The number of nitrogens with one attached hydrogen (secondary N) is 1. The first-order valence-corrected chi connectivity index (χ1v) is 9.04. The van der Waals surface area contributed by atoms with Gasteiger partial charge in [0.2, 0.25) is 0 Å². The van der Waals surface area contributed by atoms with Gasteiger partial charge in [-0.15, -0.1) is 0 Å². The first-order chi connectivity index (χ1) is 12.1. The molecule has 1 aliphatic heterocycles. The molecule has 3 aromatic rings. The summed E-state index contributed by atoms with van der Waals surface area (Å²) in [6.45, 7) is 5.28. The third-order valence-corrected chi connectivity index (χ3v) is 4.95. The van der Waals surface area contributed by atoms with Crippen LogP contribution in [0.2, 0.25) is 0 Å². The number of rotatable bonds is 4. The second kappa shape index (κ2) is 6.39. The Bertz CT molecular complexity index is 849. The van der Waals surface area contributed by atoms with Crippen molar-refractivity contribution in [2.45, 2.75) is 45.7 Å². The molecule has 0 aliphatic carbocycles. The number of nitrogens with zero attached hydrogens (tertiary/aromatic N) is 4. The molecule has 1 unspecified atom stereocenters. The lowest BCUT2D eigenvalue weighted by Gasteiger charge is -2.15. The van der Waals surface area contributed by atoms with Crippen molar-refractivity contribution in [1.29, 1.82) is 0 Å². The van der Waals surface area contributed by atoms with Gasteiger partial charge in [-0.2, -0.15) is 5.10 Å². The minimum Gasteiger partial charge on any atom is -0.377 e. The standard InChI is InChI=1S/C20H25N5/c1-14-12-19(24(3)23-14)15(2)21-17-9-7-16(8-10-17)18-13-25-11-5-4-6-20(25)22-18/h7-10,12-13,15,21H,4-6,11H2,1-3H3. The first-order valence-electron chi connectivity index (χ1n) is 9.04. The summed E-state index contributed by atoms with van der Waals surface area (Å²) in [6, 6.07) is 10.9. The van der Waals surface area contributed by atoms with E-state index in [2.05, 4.69) is 58.4 Å². The molecule has 1 atom stereocenters. The molecule has 1 N–H and O–H groups in total. The zero-order chi connectivity index (χ0) is 17.4. The molecule has 2 aromatic heterocycles. The number of fused-ring (bicyclic) bond motifs is 1. The normalized spacial score (nSPS) is 15.0. The predicted molar refractivity (Wildman–Crippen MR) is 101 cm³/mol. The number of imidazole rings is 1. The van der Waals surface area contributed by atoms with Crippen LogP contribution in [-0.2, 0) is 20.0 Å².